The first-order valence-electron chi connectivity index (χ1n) is 8.23. The molecule has 2 aromatic rings. The van der Waals surface area contributed by atoms with Crippen LogP contribution in [-0.2, 0) is 24.3 Å². The van der Waals surface area contributed by atoms with Gasteiger partial charge in [-0.15, -0.1) is 0 Å². The zero-order valence-electron chi connectivity index (χ0n) is 14.0. The fraction of sp³-hybridized carbons (Fsp3) is 0.444. The van der Waals surface area contributed by atoms with Crippen molar-refractivity contribution in [1.29, 1.82) is 0 Å². The van der Waals surface area contributed by atoms with Gasteiger partial charge in [-0.2, -0.15) is 0 Å². The number of nitrogens with zero attached hydrogens (tertiary/aromatic N) is 3. The molecule has 1 aromatic heterocycles. The van der Waals surface area contributed by atoms with E-state index in [-0.39, 0.29) is 11.9 Å². The normalized spacial score (nSPS) is 16.0. The summed E-state index contributed by atoms with van der Waals surface area (Å²) in [6.07, 6.45) is 2.86. The molecule has 1 aliphatic rings. The number of rotatable bonds is 4. The first kappa shape index (κ1) is 15.7. The number of benzene rings is 1. The zero-order chi connectivity index (χ0) is 16.4. The number of aromatic nitrogens is 2. The van der Waals surface area contributed by atoms with Crippen LogP contribution in [0.2, 0.25) is 0 Å². The van der Waals surface area contributed by atoms with Gasteiger partial charge in [0.2, 0.25) is 5.91 Å². The summed E-state index contributed by atoms with van der Waals surface area (Å²) in [5, 5.41) is 3.01. The van der Waals surface area contributed by atoms with Crippen LogP contribution < -0.4 is 5.32 Å². The van der Waals surface area contributed by atoms with Crippen LogP contribution in [-0.4, -0.2) is 32.9 Å². The maximum absolute atomic E-state index is 12.5. The Morgan fingerprint density at radius 3 is 3.00 bits per heavy atom. The summed E-state index contributed by atoms with van der Waals surface area (Å²) in [7, 11) is 0. The lowest BCUT2D eigenvalue weighted by Gasteiger charge is -2.31. The molecule has 23 heavy (non-hydrogen) atoms. The van der Waals surface area contributed by atoms with Gasteiger partial charge in [-0.3, -0.25) is 9.69 Å². The number of carbonyl (C=O) groups excluding carboxylic acids is 1. The van der Waals surface area contributed by atoms with E-state index in [2.05, 4.69) is 26.7 Å². The van der Waals surface area contributed by atoms with Gasteiger partial charge in [0.1, 0.15) is 0 Å². The van der Waals surface area contributed by atoms with E-state index >= 15 is 0 Å². The number of hydrogen-bond donors (Lipinski definition) is 1. The number of carbonyl (C=O) groups is 1. The van der Waals surface area contributed by atoms with Crippen molar-refractivity contribution >= 4 is 11.6 Å². The molecule has 5 nitrogen and oxygen atoms in total. The Morgan fingerprint density at radius 2 is 2.26 bits per heavy atom. The third-order valence-electron chi connectivity index (χ3n) is 4.57. The molecule has 1 N–H and O–H groups in total. The number of aryl methyl sites for hydroxylation is 2. The van der Waals surface area contributed by atoms with E-state index in [4.69, 9.17) is 0 Å². The molecule has 0 radical (unpaired) electrons. The number of anilines is 1. The minimum Gasteiger partial charge on any atom is -0.334 e. The summed E-state index contributed by atoms with van der Waals surface area (Å²) >= 11 is 0. The molecule has 0 saturated heterocycles. The fourth-order valence-electron chi connectivity index (χ4n) is 3.13. The molecule has 0 spiro atoms. The monoisotopic (exact) mass is 312 g/mol. The maximum atomic E-state index is 12.5. The van der Waals surface area contributed by atoms with Gasteiger partial charge < -0.3 is 9.88 Å². The molecule has 1 amide bonds. The molecule has 1 unspecified atom stereocenters. The Labute approximate surface area is 137 Å². The average molecular weight is 312 g/mol. The van der Waals surface area contributed by atoms with E-state index in [0.29, 0.717) is 0 Å². The summed E-state index contributed by atoms with van der Waals surface area (Å²) in [6, 6.07) is 7.72. The lowest BCUT2D eigenvalue weighted by molar-refractivity contribution is -0.121. The van der Waals surface area contributed by atoms with Crippen LogP contribution >= 0.6 is 0 Å². The summed E-state index contributed by atoms with van der Waals surface area (Å²) < 4.78 is 2.20. The van der Waals surface area contributed by atoms with E-state index in [1.54, 1.807) is 0 Å². The molecule has 3 rings (SSSR count). The zero-order valence-corrected chi connectivity index (χ0v) is 14.0. The predicted octanol–water partition coefficient (Wildman–Crippen LogP) is 2.60. The topological polar surface area (TPSA) is 50.2 Å². The van der Waals surface area contributed by atoms with Crippen LogP contribution in [0, 0.1) is 6.92 Å². The molecule has 1 aliphatic heterocycles. The molecular formula is C18H24N4O. The lowest BCUT2D eigenvalue weighted by Crippen LogP contribution is -2.44. The molecule has 122 valence electrons. The average Bonchev–Trinajstić information content (AvgIpc) is 2.96. The quantitative estimate of drug-likeness (QED) is 0.944. The lowest BCUT2D eigenvalue weighted by atomic mass is 10.1. The van der Waals surface area contributed by atoms with Crippen LogP contribution in [0.5, 0.6) is 0 Å². The number of amides is 1. The van der Waals surface area contributed by atoms with E-state index in [9.17, 15) is 4.79 Å². The Hall–Kier alpha value is -2.14. The fourth-order valence-corrected chi connectivity index (χ4v) is 3.13. The van der Waals surface area contributed by atoms with Gasteiger partial charge in [-0.1, -0.05) is 12.1 Å². The third-order valence-corrected chi connectivity index (χ3v) is 4.57. The molecule has 0 aliphatic carbocycles. The highest BCUT2D eigenvalue weighted by Gasteiger charge is 2.27. The van der Waals surface area contributed by atoms with Gasteiger partial charge in [0, 0.05) is 37.4 Å². The largest absolute Gasteiger partial charge is 0.334 e. The summed E-state index contributed by atoms with van der Waals surface area (Å²) in [6.45, 7) is 8.70. The van der Waals surface area contributed by atoms with Gasteiger partial charge >= 0.3 is 0 Å². The smallest absolute Gasteiger partial charge is 0.241 e. The van der Waals surface area contributed by atoms with Crippen molar-refractivity contribution in [2.75, 3.05) is 11.9 Å². The first-order chi connectivity index (χ1) is 11.1. The van der Waals surface area contributed by atoms with Crippen molar-refractivity contribution < 1.29 is 4.79 Å². The SMILES string of the molecule is CCn1cnc2c1CCN(C(C)C(=O)Nc1cccc(C)c1)C2. The van der Waals surface area contributed by atoms with Gasteiger partial charge in [0.15, 0.2) is 0 Å². The van der Waals surface area contributed by atoms with Crippen molar-refractivity contribution in [2.24, 2.45) is 0 Å². The predicted molar refractivity (Wildman–Crippen MR) is 91.3 cm³/mol. The molecule has 0 bridgehead atoms. The molecular weight excluding hydrogens is 288 g/mol. The summed E-state index contributed by atoms with van der Waals surface area (Å²) in [5.41, 5.74) is 4.42. The highest BCUT2D eigenvalue weighted by Crippen LogP contribution is 2.20. The van der Waals surface area contributed by atoms with E-state index in [1.165, 1.54) is 5.69 Å². The standard InChI is InChI=1S/C18H24N4O/c1-4-21-12-19-16-11-22(9-8-17(16)21)14(3)18(23)20-15-7-5-6-13(2)10-15/h5-7,10,12,14H,4,8-9,11H2,1-3H3,(H,20,23). The highest BCUT2D eigenvalue weighted by molar-refractivity contribution is 5.94. The number of hydrogen-bond acceptors (Lipinski definition) is 3. The van der Waals surface area contributed by atoms with Gasteiger partial charge in [0.05, 0.1) is 18.1 Å². The molecule has 0 saturated carbocycles. The Balaban J connectivity index is 1.66. The second-order valence-electron chi connectivity index (χ2n) is 6.18. The van der Waals surface area contributed by atoms with Gasteiger partial charge in [-0.25, -0.2) is 4.98 Å². The van der Waals surface area contributed by atoms with Crippen LogP contribution in [0.4, 0.5) is 5.69 Å². The van der Waals surface area contributed by atoms with E-state index in [1.807, 2.05) is 44.4 Å². The Morgan fingerprint density at radius 1 is 1.43 bits per heavy atom. The number of fused-ring (bicyclic) bond motifs is 1. The number of imidazole rings is 1. The minimum absolute atomic E-state index is 0.0361. The van der Waals surface area contributed by atoms with Crippen molar-refractivity contribution in [3.8, 4) is 0 Å². The van der Waals surface area contributed by atoms with Crippen LogP contribution in [0.3, 0.4) is 0 Å². The summed E-state index contributed by atoms with van der Waals surface area (Å²) in [4.78, 5) is 19.2. The van der Waals surface area contributed by atoms with Crippen molar-refractivity contribution in [1.82, 2.24) is 14.5 Å². The van der Waals surface area contributed by atoms with Crippen molar-refractivity contribution in [2.45, 2.75) is 46.3 Å². The second-order valence-corrected chi connectivity index (χ2v) is 6.18. The van der Waals surface area contributed by atoms with Crippen LogP contribution in [0.15, 0.2) is 30.6 Å². The van der Waals surface area contributed by atoms with E-state index in [0.717, 1.165) is 43.0 Å². The summed E-state index contributed by atoms with van der Waals surface area (Å²) in [5.74, 6) is 0.0361. The van der Waals surface area contributed by atoms with E-state index < -0.39 is 0 Å². The van der Waals surface area contributed by atoms with Crippen molar-refractivity contribution in [3.05, 3.63) is 47.5 Å². The van der Waals surface area contributed by atoms with Crippen LogP contribution in [0.1, 0.15) is 30.8 Å². The number of nitrogens with one attached hydrogen (secondary N) is 1. The molecule has 2 heterocycles. The Kier molecular flexibility index (Phi) is 4.48. The molecule has 1 atom stereocenters. The second kappa shape index (κ2) is 6.54. The van der Waals surface area contributed by atoms with Crippen molar-refractivity contribution in [3.63, 3.8) is 0 Å². The maximum Gasteiger partial charge on any atom is 0.241 e. The first-order valence-corrected chi connectivity index (χ1v) is 8.23. The Bertz CT molecular complexity index is 707. The van der Waals surface area contributed by atoms with Gasteiger partial charge in [0.25, 0.3) is 0 Å². The molecule has 1 aromatic carbocycles. The van der Waals surface area contributed by atoms with Crippen LogP contribution in [0.25, 0.3) is 0 Å². The van der Waals surface area contributed by atoms with Gasteiger partial charge in [-0.05, 0) is 38.5 Å². The minimum atomic E-state index is -0.171. The third kappa shape index (κ3) is 3.29. The highest BCUT2D eigenvalue weighted by atomic mass is 16.2. The molecule has 5 heteroatoms. The molecule has 0 fully saturated rings.